The Labute approximate surface area is 104 Å². The first kappa shape index (κ1) is 13.0. The maximum Gasteiger partial charge on any atom is 0.221 e. The number of benzene rings is 1. The summed E-state index contributed by atoms with van der Waals surface area (Å²) in [5, 5.41) is 3.63. The first-order valence-electron chi connectivity index (χ1n) is 5.18. The summed E-state index contributed by atoms with van der Waals surface area (Å²) in [7, 11) is 0. The summed E-state index contributed by atoms with van der Waals surface area (Å²) >= 11 is 3.40. The lowest BCUT2D eigenvalue weighted by molar-refractivity contribution is -0.114. The van der Waals surface area contributed by atoms with Gasteiger partial charge in [0.25, 0.3) is 0 Å². The number of rotatable bonds is 5. The summed E-state index contributed by atoms with van der Waals surface area (Å²) in [6.45, 7) is 4.25. The number of nitrogens with one attached hydrogen (secondary N) is 1. The third-order valence-corrected chi connectivity index (χ3v) is 3.06. The summed E-state index contributed by atoms with van der Waals surface area (Å²) in [6, 6.07) is 7.40. The van der Waals surface area contributed by atoms with Crippen molar-refractivity contribution < 1.29 is 9.53 Å². The molecule has 4 heteroatoms. The molecular weight excluding hydrogens is 270 g/mol. The third kappa shape index (κ3) is 4.66. The second-order valence-corrected chi connectivity index (χ2v) is 4.43. The fourth-order valence-electron chi connectivity index (χ4n) is 1.15. The lowest BCUT2D eigenvalue weighted by Gasteiger charge is -2.11. The van der Waals surface area contributed by atoms with Gasteiger partial charge in [0, 0.05) is 24.0 Å². The van der Waals surface area contributed by atoms with Gasteiger partial charge >= 0.3 is 0 Å². The number of ether oxygens (including phenoxy) is 1. The van der Waals surface area contributed by atoms with Crippen molar-refractivity contribution in [3.8, 4) is 5.75 Å². The standard InChI is InChI=1S/C12H16BrNO2/c1-9(7-13)8-16-12-5-3-4-11(6-12)14-10(2)15/h3-6,9H,7-8H2,1-2H3,(H,14,15). The summed E-state index contributed by atoms with van der Waals surface area (Å²) < 4.78 is 5.60. The summed E-state index contributed by atoms with van der Waals surface area (Å²) in [6.07, 6.45) is 0. The Bertz CT molecular complexity index is 355. The highest BCUT2D eigenvalue weighted by atomic mass is 79.9. The fraction of sp³-hybridized carbons (Fsp3) is 0.417. The predicted octanol–water partition coefficient (Wildman–Crippen LogP) is 3.05. The van der Waals surface area contributed by atoms with Gasteiger partial charge in [0.2, 0.25) is 5.91 Å². The van der Waals surface area contributed by atoms with Crippen LogP contribution in [0.3, 0.4) is 0 Å². The Hall–Kier alpha value is -1.03. The molecule has 1 N–H and O–H groups in total. The van der Waals surface area contributed by atoms with Gasteiger partial charge in [0.15, 0.2) is 0 Å². The molecule has 0 aliphatic rings. The molecule has 1 amide bonds. The smallest absolute Gasteiger partial charge is 0.221 e. The maximum atomic E-state index is 10.9. The van der Waals surface area contributed by atoms with Crippen LogP contribution in [0.1, 0.15) is 13.8 Å². The molecule has 0 spiro atoms. The topological polar surface area (TPSA) is 38.3 Å². The van der Waals surface area contributed by atoms with E-state index >= 15 is 0 Å². The molecule has 1 aromatic carbocycles. The zero-order valence-corrected chi connectivity index (χ0v) is 11.1. The van der Waals surface area contributed by atoms with E-state index < -0.39 is 0 Å². The lowest BCUT2D eigenvalue weighted by atomic mass is 10.2. The zero-order valence-electron chi connectivity index (χ0n) is 9.50. The number of carbonyl (C=O) groups is 1. The van der Waals surface area contributed by atoms with Gasteiger partial charge in [0.1, 0.15) is 5.75 Å². The minimum absolute atomic E-state index is 0.0778. The van der Waals surface area contributed by atoms with Crippen LogP contribution in [-0.4, -0.2) is 17.8 Å². The van der Waals surface area contributed by atoms with Gasteiger partial charge in [-0.1, -0.05) is 28.9 Å². The van der Waals surface area contributed by atoms with Crippen LogP contribution in [0.25, 0.3) is 0 Å². The number of hydrogen-bond donors (Lipinski definition) is 1. The Balaban J connectivity index is 2.56. The van der Waals surface area contributed by atoms with Gasteiger partial charge in [0.05, 0.1) is 6.61 Å². The van der Waals surface area contributed by atoms with Gasteiger partial charge in [-0.05, 0) is 18.1 Å². The van der Waals surface area contributed by atoms with Crippen LogP contribution in [0.4, 0.5) is 5.69 Å². The van der Waals surface area contributed by atoms with Crippen LogP contribution in [0.15, 0.2) is 24.3 Å². The van der Waals surface area contributed by atoms with E-state index in [0.29, 0.717) is 12.5 Å². The molecule has 0 fully saturated rings. The van der Waals surface area contributed by atoms with Crippen molar-refractivity contribution in [2.24, 2.45) is 5.92 Å². The van der Waals surface area contributed by atoms with E-state index in [1.807, 2.05) is 24.3 Å². The van der Waals surface area contributed by atoms with E-state index in [-0.39, 0.29) is 5.91 Å². The third-order valence-electron chi connectivity index (χ3n) is 1.95. The Kier molecular flexibility index (Phi) is 5.32. The maximum absolute atomic E-state index is 10.9. The SMILES string of the molecule is CC(=O)Nc1cccc(OCC(C)CBr)c1. The predicted molar refractivity (Wildman–Crippen MR) is 69.2 cm³/mol. The fourth-order valence-corrected chi connectivity index (χ4v) is 1.34. The number of anilines is 1. The number of halogens is 1. The second-order valence-electron chi connectivity index (χ2n) is 3.78. The first-order chi connectivity index (χ1) is 7.61. The van der Waals surface area contributed by atoms with Crippen LogP contribution in [0.5, 0.6) is 5.75 Å². The van der Waals surface area contributed by atoms with Crippen molar-refractivity contribution in [3.05, 3.63) is 24.3 Å². The molecule has 16 heavy (non-hydrogen) atoms. The Morgan fingerprint density at radius 2 is 2.31 bits per heavy atom. The number of amides is 1. The molecule has 1 atom stereocenters. The first-order valence-corrected chi connectivity index (χ1v) is 6.30. The van der Waals surface area contributed by atoms with E-state index in [4.69, 9.17) is 4.74 Å². The molecule has 0 bridgehead atoms. The van der Waals surface area contributed by atoms with Crippen molar-refractivity contribution in [3.63, 3.8) is 0 Å². The monoisotopic (exact) mass is 285 g/mol. The quantitative estimate of drug-likeness (QED) is 0.845. The highest BCUT2D eigenvalue weighted by molar-refractivity contribution is 9.09. The van der Waals surface area contributed by atoms with Crippen LogP contribution in [-0.2, 0) is 4.79 Å². The van der Waals surface area contributed by atoms with Crippen molar-refractivity contribution in [1.29, 1.82) is 0 Å². The van der Waals surface area contributed by atoms with E-state index in [1.165, 1.54) is 6.92 Å². The minimum Gasteiger partial charge on any atom is -0.493 e. The van der Waals surface area contributed by atoms with Crippen LogP contribution in [0, 0.1) is 5.92 Å². The Morgan fingerprint density at radius 1 is 1.56 bits per heavy atom. The molecule has 0 saturated heterocycles. The zero-order chi connectivity index (χ0) is 12.0. The van der Waals surface area contributed by atoms with Crippen molar-refractivity contribution in [2.75, 3.05) is 17.3 Å². The molecule has 1 aromatic rings. The second kappa shape index (κ2) is 6.53. The molecule has 88 valence electrons. The van der Waals surface area contributed by atoms with Crippen molar-refractivity contribution in [1.82, 2.24) is 0 Å². The van der Waals surface area contributed by atoms with Crippen molar-refractivity contribution >= 4 is 27.5 Å². The van der Waals surface area contributed by atoms with Crippen LogP contribution >= 0.6 is 15.9 Å². The molecule has 0 radical (unpaired) electrons. The molecule has 0 heterocycles. The van der Waals surface area contributed by atoms with Gasteiger partial charge in [-0.25, -0.2) is 0 Å². The molecule has 1 rings (SSSR count). The normalized spacial score (nSPS) is 11.9. The highest BCUT2D eigenvalue weighted by Crippen LogP contribution is 2.18. The summed E-state index contributed by atoms with van der Waals surface area (Å²) in [5.74, 6) is 1.16. The van der Waals surface area contributed by atoms with E-state index in [0.717, 1.165) is 16.8 Å². The number of carbonyl (C=O) groups excluding carboxylic acids is 1. The lowest BCUT2D eigenvalue weighted by Crippen LogP contribution is -2.10. The number of alkyl halides is 1. The molecule has 0 saturated carbocycles. The van der Waals surface area contributed by atoms with Crippen molar-refractivity contribution in [2.45, 2.75) is 13.8 Å². The average molecular weight is 286 g/mol. The molecule has 0 aliphatic heterocycles. The van der Waals surface area contributed by atoms with E-state index in [1.54, 1.807) is 0 Å². The highest BCUT2D eigenvalue weighted by Gasteiger charge is 2.02. The van der Waals surface area contributed by atoms with Crippen LogP contribution in [0.2, 0.25) is 0 Å². The van der Waals surface area contributed by atoms with Gasteiger partial charge in [-0.2, -0.15) is 0 Å². The summed E-state index contributed by atoms with van der Waals surface area (Å²) in [5.41, 5.74) is 0.761. The molecule has 0 aliphatic carbocycles. The van der Waals surface area contributed by atoms with E-state index in [9.17, 15) is 4.79 Å². The van der Waals surface area contributed by atoms with Crippen LogP contribution < -0.4 is 10.1 Å². The number of hydrogen-bond acceptors (Lipinski definition) is 2. The van der Waals surface area contributed by atoms with Gasteiger partial charge in [-0.3, -0.25) is 4.79 Å². The molecule has 3 nitrogen and oxygen atoms in total. The van der Waals surface area contributed by atoms with Gasteiger partial charge in [-0.15, -0.1) is 0 Å². The summed E-state index contributed by atoms with van der Waals surface area (Å²) in [4.78, 5) is 10.9. The molecule has 0 aromatic heterocycles. The Morgan fingerprint density at radius 3 is 2.94 bits per heavy atom. The van der Waals surface area contributed by atoms with E-state index in [2.05, 4.69) is 28.2 Å². The average Bonchev–Trinajstić information content (AvgIpc) is 2.25. The molecular formula is C12H16BrNO2. The van der Waals surface area contributed by atoms with Gasteiger partial charge < -0.3 is 10.1 Å². The molecule has 1 unspecified atom stereocenters. The largest absolute Gasteiger partial charge is 0.493 e. The minimum atomic E-state index is -0.0778.